The third kappa shape index (κ3) is 2.54. The van der Waals surface area contributed by atoms with Gasteiger partial charge in [-0.1, -0.05) is 80.6 Å². The van der Waals surface area contributed by atoms with Crippen LogP contribution in [0, 0.1) is 23.7 Å². The zero-order valence-corrected chi connectivity index (χ0v) is 22.4. The largest absolute Gasteiger partial charge is 0.355 e. The summed E-state index contributed by atoms with van der Waals surface area (Å²) in [6.45, 7) is 4.71. The van der Waals surface area contributed by atoms with Crippen LogP contribution in [0.4, 0.5) is 11.4 Å². The number of fused-ring (bicyclic) bond motifs is 6. The molecule has 0 amide bonds. The number of hydrogen-bond acceptors (Lipinski definition) is 1. The normalized spacial score (nSPS) is 30.2. The minimum atomic E-state index is 0.0449. The Morgan fingerprint density at radius 1 is 0.579 bits per heavy atom. The minimum Gasteiger partial charge on any atom is -0.355 e. The highest BCUT2D eigenvalue weighted by atomic mass is 14.9. The molecule has 0 aliphatic heterocycles. The molecule has 6 aliphatic carbocycles. The summed E-state index contributed by atoms with van der Waals surface area (Å²) in [5, 5.41) is 3.94. The van der Waals surface area contributed by atoms with Crippen molar-refractivity contribution in [2.45, 2.75) is 56.8 Å². The zero-order chi connectivity index (χ0) is 25.2. The maximum Gasteiger partial charge on any atom is 0.0467 e. The van der Waals surface area contributed by atoms with Crippen molar-refractivity contribution in [2.24, 2.45) is 23.7 Å². The molecule has 10 rings (SSSR count). The van der Waals surface area contributed by atoms with Crippen LogP contribution in [0.15, 0.2) is 84.9 Å². The molecule has 0 heterocycles. The van der Waals surface area contributed by atoms with E-state index in [2.05, 4.69) is 104 Å². The van der Waals surface area contributed by atoms with E-state index in [0.717, 1.165) is 23.7 Å². The average molecular weight is 494 g/mol. The fraction of sp³-hybridized carbons (Fsp3) is 0.351. The Labute approximate surface area is 226 Å². The molecule has 0 unspecified atom stereocenters. The second-order valence-electron chi connectivity index (χ2n) is 13.5. The second-order valence-corrected chi connectivity index (χ2v) is 13.5. The molecule has 0 atom stereocenters. The maximum absolute atomic E-state index is 3.94. The first-order chi connectivity index (χ1) is 18.5. The van der Waals surface area contributed by atoms with E-state index in [4.69, 9.17) is 0 Å². The Kier molecular flexibility index (Phi) is 4.09. The van der Waals surface area contributed by atoms with Crippen LogP contribution >= 0.6 is 0 Å². The molecule has 38 heavy (non-hydrogen) atoms. The predicted molar refractivity (Wildman–Crippen MR) is 157 cm³/mol. The fourth-order valence-electron chi connectivity index (χ4n) is 10.3. The van der Waals surface area contributed by atoms with Gasteiger partial charge in [0, 0.05) is 27.8 Å². The highest BCUT2D eigenvalue weighted by Gasteiger charge is 2.61. The predicted octanol–water partition coefficient (Wildman–Crippen LogP) is 9.46. The van der Waals surface area contributed by atoms with Crippen molar-refractivity contribution >= 4 is 11.4 Å². The monoisotopic (exact) mass is 493 g/mol. The van der Waals surface area contributed by atoms with E-state index in [1.807, 2.05) is 0 Å². The van der Waals surface area contributed by atoms with Gasteiger partial charge < -0.3 is 5.32 Å². The Morgan fingerprint density at radius 3 is 1.97 bits per heavy atom. The maximum atomic E-state index is 3.94. The SMILES string of the molecule is CC1(C)c2ccccc2-c2cc(Nc3cccc4c3-c3ccccc3C43C4CC5CC(C4)CC3C5)ccc21. The van der Waals surface area contributed by atoms with Gasteiger partial charge in [-0.05, 0) is 113 Å². The van der Waals surface area contributed by atoms with Gasteiger partial charge in [0.05, 0.1) is 0 Å². The molecule has 0 radical (unpaired) electrons. The molecule has 4 aromatic rings. The Bertz CT molecular complexity index is 1610. The average Bonchev–Trinajstić information content (AvgIpc) is 3.35. The smallest absolute Gasteiger partial charge is 0.0467 e. The van der Waals surface area contributed by atoms with Crippen LogP contribution in [0.1, 0.15) is 68.2 Å². The van der Waals surface area contributed by atoms with Gasteiger partial charge in [-0.3, -0.25) is 0 Å². The summed E-state index contributed by atoms with van der Waals surface area (Å²) < 4.78 is 0. The van der Waals surface area contributed by atoms with Crippen LogP contribution in [-0.2, 0) is 10.8 Å². The lowest BCUT2D eigenvalue weighted by Crippen LogP contribution is -2.55. The van der Waals surface area contributed by atoms with Crippen LogP contribution in [0.3, 0.4) is 0 Å². The number of rotatable bonds is 2. The molecule has 188 valence electrons. The van der Waals surface area contributed by atoms with E-state index in [-0.39, 0.29) is 10.8 Å². The van der Waals surface area contributed by atoms with Gasteiger partial charge in [0.2, 0.25) is 0 Å². The van der Waals surface area contributed by atoms with Crippen LogP contribution in [0.2, 0.25) is 0 Å². The van der Waals surface area contributed by atoms with Crippen molar-refractivity contribution in [1.82, 2.24) is 0 Å². The lowest BCUT2D eigenvalue weighted by molar-refractivity contribution is -0.0399. The van der Waals surface area contributed by atoms with E-state index in [1.54, 1.807) is 11.1 Å². The Morgan fingerprint density at radius 2 is 1.21 bits per heavy atom. The summed E-state index contributed by atoms with van der Waals surface area (Å²) in [6, 6.07) is 32.6. The van der Waals surface area contributed by atoms with E-state index in [0.29, 0.717) is 0 Å². The van der Waals surface area contributed by atoms with Crippen molar-refractivity contribution in [3.8, 4) is 22.3 Å². The first-order valence-corrected chi connectivity index (χ1v) is 14.8. The number of anilines is 2. The number of hydrogen-bond donors (Lipinski definition) is 1. The molecule has 0 aromatic heterocycles. The fourth-order valence-corrected chi connectivity index (χ4v) is 10.3. The van der Waals surface area contributed by atoms with Gasteiger partial charge in [0.1, 0.15) is 0 Å². The highest BCUT2D eigenvalue weighted by Crippen LogP contribution is 2.70. The molecule has 1 spiro atoms. The molecule has 4 fully saturated rings. The Hall–Kier alpha value is -3.32. The van der Waals surface area contributed by atoms with Crippen molar-refractivity contribution in [1.29, 1.82) is 0 Å². The molecule has 4 bridgehead atoms. The molecule has 6 aliphatic rings. The number of benzene rings is 4. The van der Waals surface area contributed by atoms with Crippen molar-refractivity contribution in [2.75, 3.05) is 5.32 Å². The van der Waals surface area contributed by atoms with E-state index in [9.17, 15) is 0 Å². The summed E-state index contributed by atoms with van der Waals surface area (Å²) in [5.74, 6) is 3.55. The van der Waals surface area contributed by atoms with Crippen LogP contribution in [0.5, 0.6) is 0 Å². The van der Waals surface area contributed by atoms with E-state index >= 15 is 0 Å². The summed E-state index contributed by atoms with van der Waals surface area (Å²) in [4.78, 5) is 0. The van der Waals surface area contributed by atoms with Gasteiger partial charge in [0.25, 0.3) is 0 Å². The summed E-state index contributed by atoms with van der Waals surface area (Å²) >= 11 is 0. The molecule has 1 nitrogen and oxygen atoms in total. The van der Waals surface area contributed by atoms with Gasteiger partial charge in [-0.15, -0.1) is 0 Å². The van der Waals surface area contributed by atoms with Crippen LogP contribution in [0.25, 0.3) is 22.3 Å². The first kappa shape index (κ1) is 21.6. The quantitative estimate of drug-likeness (QED) is 0.293. The Balaban J connectivity index is 1.19. The third-order valence-electron chi connectivity index (χ3n) is 11.4. The first-order valence-electron chi connectivity index (χ1n) is 14.8. The van der Waals surface area contributed by atoms with Crippen molar-refractivity contribution < 1.29 is 0 Å². The second kappa shape index (κ2) is 7.20. The summed E-state index contributed by atoms with van der Waals surface area (Å²) in [5.41, 5.74) is 14.5. The van der Waals surface area contributed by atoms with Crippen LogP contribution < -0.4 is 5.32 Å². The molecule has 4 aromatic carbocycles. The van der Waals surface area contributed by atoms with E-state index in [1.165, 1.54) is 76.9 Å². The lowest BCUT2D eigenvalue weighted by atomic mass is 9.43. The van der Waals surface area contributed by atoms with Gasteiger partial charge in [-0.25, -0.2) is 0 Å². The van der Waals surface area contributed by atoms with Gasteiger partial charge in [0.15, 0.2) is 0 Å². The summed E-state index contributed by atoms with van der Waals surface area (Å²) in [6.07, 6.45) is 7.21. The van der Waals surface area contributed by atoms with Crippen LogP contribution in [-0.4, -0.2) is 0 Å². The highest BCUT2D eigenvalue weighted by molar-refractivity contribution is 5.93. The minimum absolute atomic E-state index is 0.0449. The van der Waals surface area contributed by atoms with Crippen molar-refractivity contribution in [3.63, 3.8) is 0 Å². The van der Waals surface area contributed by atoms with Gasteiger partial charge in [-0.2, -0.15) is 0 Å². The number of nitrogens with one attached hydrogen (secondary N) is 1. The lowest BCUT2D eigenvalue weighted by Gasteiger charge is -2.61. The van der Waals surface area contributed by atoms with E-state index < -0.39 is 0 Å². The topological polar surface area (TPSA) is 12.0 Å². The zero-order valence-electron chi connectivity index (χ0n) is 22.4. The molecule has 1 heteroatoms. The molecule has 4 saturated carbocycles. The molecular weight excluding hydrogens is 458 g/mol. The van der Waals surface area contributed by atoms with Gasteiger partial charge >= 0.3 is 0 Å². The molecular formula is C37H35N. The van der Waals surface area contributed by atoms with Crippen molar-refractivity contribution in [3.05, 3.63) is 107 Å². The molecule has 0 saturated heterocycles. The standard InChI is InChI=1S/C37H35N/c1-36(2)30-10-5-3-8-27(30)29-21-26(14-15-31(29)36)38-34-13-7-12-33-35(34)28-9-4-6-11-32(28)37(33)24-17-22-16-23(19-24)20-25(37)18-22/h3-15,21-25,38H,16-20H2,1-2H3. The third-order valence-corrected chi connectivity index (χ3v) is 11.4. The summed E-state index contributed by atoms with van der Waals surface area (Å²) in [7, 11) is 0. The molecule has 1 N–H and O–H groups in total.